The first-order valence-electron chi connectivity index (χ1n) is 10.5. The quantitative estimate of drug-likeness (QED) is 0.738. The molecule has 0 spiro atoms. The summed E-state index contributed by atoms with van der Waals surface area (Å²) in [5.74, 6) is 0.783. The molecule has 0 aromatic heterocycles. The van der Waals surface area contributed by atoms with Gasteiger partial charge in [-0.1, -0.05) is 38.1 Å². The highest BCUT2D eigenvalue weighted by atomic mass is 16.2. The van der Waals surface area contributed by atoms with E-state index >= 15 is 0 Å². The van der Waals surface area contributed by atoms with Gasteiger partial charge < -0.3 is 10.2 Å². The fourth-order valence-electron chi connectivity index (χ4n) is 3.71. The lowest BCUT2D eigenvalue weighted by Crippen LogP contribution is -2.52. The number of amides is 2. The Labute approximate surface area is 168 Å². The van der Waals surface area contributed by atoms with Crippen LogP contribution in [0.15, 0.2) is 24.3 Å². The Morgan fingerprint density at radius 3 is 2.29 bits per heavy atom. The number of rotatable bonds is 8. The monoisotopic (exact) mass is 386 g/mol. The number of benzene rings is 1. The van der Waals surface area contributed by atoms with E-state index in [1.807, 2.05) is 4.90 Å². The first kappa shape index (κ1) is 20.8. The number of nitrogens with zero attached hydrogens (tertiary/aromatic N) is 3. The Bertz CT molecular complexity index is 662. The van der Waals surface area contributed by atoms with E-state index in [1.165, 1.54) is 24.0 Å². The highest BCUT2D eigenvalue weighted by Gasteiger charge is 2.32. The first-order valence-corrected chi connectivity index (χ1v) is 10.5. The summed E-state index contributed by atoms with van der Waals surface area (Å²) in [5.41, 5.74) is 2.63. The van der Waals surface area contributed by atoms with Gasteiger partial charge in [0, 0.05) is 45.8 Å². The van der Waals surface area contributed by atoms with Gasteiger partial charge in [-0.15, -0.1) is 0 Å². The molecular weight excluding hydrogens is 352 g/mol. The van der Waals surface area contributed by atoms with Crippen LogP contribution in [-0.2, 0) is 16.1 Å². The Balaban J connectivity index is 1.50. The standard InChI is InChI=1S/C22H34N4O2/c1-17(2)19-6-4-18(5-7-19)14-26(20-8-9-20)16-22(28)25-12-10-24(11-13-25)15-21(27)23-3/h4-7,17,20H,8-16H2,1-3H3,(H,23,27). The fourth-order valence-corrected chi connectivity index (χ4v) is 3.71. The molecule has 3 rings (SSSR count). The summed E-state index contributed by atoms with van der Waals surface area (Å²) in [6.07, 6.45) is 2.38. The van der Waals surface area contributed by atoms with E-state index in [0.717, 1.165) is 19.6 Å². The molecule has 0 bridgehead atoms. The Hall–Kier alpha value is -1.92. The minimum absolute atomic E-state index is 0.0307. The molecule has 1 N–H and O–H groups in total. The van der Waals surface area contributed by atoms with Crippen LogP contribution in [-0.4, -0.2) is 78.9 Å². The van der Waals surface area contributed by atoms with Crippen LogP contribution in [0, 0.1) is 0 Å². The minimum atomic E-state index is 0.0307. The second kappa shape index (κ2) is 9.52. The molecule has 1 saturated carbocycles. The van der Waals surface area contributed by atoms with Gasteiger partial charge in [0.15, 0.2) is 0 Å². The molecule has 6 nitrogen and oxygen atoms in total. The lowest BCUT2D eigenvalue weighted by Gasteiger charge is -2.35. The van der Waals surface area contributed by atoms with E-state index in [2.05, 4.69) is 53.2 Å². The van der Waals surface area contributed by atoms with Gasteiger partial charge in [0.1, 0.15) is 0 Å². The summed E-state index contributed by atoms with van der Waals surface area (Å²) in [7, 11) is 1.66. The molecule has 2 fully saturated rings. The molecule has 1 heterocycles. The number of likely N-dealkylation sites (N-methyl/N-ethyl adjacent to an activating group) is 1. The minimum Gasteiger partial charge on any atom is -0.358 e. The number of nitrogens with one attached hydrogen (secondary N) is 1. The molecule has 28 heavy (non-hydrogen) atoms. The van der Waals surface area contributed by atoms with E-state index < -0.39 is 0 Å². The van der Waals surface area contributed by atoms with Crippen molar-refractivity contribution < 1.29 is 9.59 Å². The maximum Gasteiger partial charge on any atom is 0.236 e. The van der Waals surface area contributed by atoms with Crippen molar-refractivity contribution >= 4 is 11.8 Å². The van der Waals surface area contributed by atoms with Gasteiger partial charge in [0.25, 0.3) is 0 Å². The topological polar surface area (TPSA) is 55.9 Å². The van der Waals surface area contributed by atoms with E-state index in [1.54, 1.807) is 7.05 Å². The second-order valence-electron chi connectivity index (χ2n) is 8.36. The van der Waals surface area contributed by atoms with Gasteiger partial charge in [0.05, 0.1) is 13.1 Å². The molecule has 1 aliphatic heterocycles. The average Bonchev–Trinajstić information content (AvgIpc) is 3.53. The second-order valence-corrected chi connectivity index (χ2v) is 8.36. The summed E-state index contributed by atoms with van der Waals surface area (Å²) in [6.45, 7) is 9.10. The third-order valence-corrected chi connectivity index (χ3v) is 5.80. The van der Waals surface area contributed by atoms with Crippen molar-refractivity contribution in [2.24, 2.45) is 0 Å². The van der Waals surface area contributed by atoms with Gasteiger partial charge in [0.2, 0.25) is 11.8 Å². The van der Waals surface area contributed by atoms with E-state index in [9.17, 15) is 9.59 Å². The van der Waals surface area contributed by atoms with Crippen molar-refractivity contribution in [3.63, 3.8) is 0 Å². The third-order valence-electron chi connectivity index (χ3n) is 5.80. The van der Waals surface area contributed by atoms with Crippen molar-refractivity contribution in [3.05, 3.63) is 35.4 Å². The lowest BCUT2D eigenvalue weighted by atomic mass is 10.0. The molecule has 0 radical (unpaired) electrons. The maximum atomic E-state index is 12.8. The maximum absolute atomic E-state index is 12.8. The van der Waals surface area contributed by atoms with E-state index in [-0.39, 0.29) is 11.8 Å². The van der Waals surface area contributed by atoms with Crippen LogP contribution in [0.25, 0.3) is 0 Å². The molecule has 1 saturated heterocycles. The zero-order valence-corrected chi connectivity index (χ0v) is 17.5. The van der Waals surface area contributed by atoms with E-state index in [0.29, 0.717) is 38.1 Å². The van der Waals surface area contributed by atoms with Gasteiger partial charge in [-0.25, -0.2) is 0 Å². The SMILES string of the molecule is CNC(=O)CN1CCN(C(=O)CN(Cc2ccc(C(C)C)cc2)C2CC2)CC1. The Kier molecular flexibility index (Phi) is 7.08. The van der Waals surface area contributed by atoms with Crippen LogP contribution < -0.4 is 5.32 Å². The van der Waals surface area contributed by atoms with Crippen LogP contribution in [0.1, 0.15) is 43.7 Å². The van der Waals surface area contributed by atoms with Crippen LogP contribution in [0.5, 0.6) is 0 Å². The number of carbonyl (C=O) groups excluding carboxylic acids is 2. The summed E-state index contributed by atoms with van der Waals surface area (Å²) in [6, 6.07) is 9.36. The summed E-state index contributed by atoms with van der Waals surface area (Å²) in [5, 5.41) is 2.66. The van der Waals surface area contributed by atoms with Gasteiger partial charge in [-0.3, -0.25) is 19.4 Å². The Morgan fingerprint density at radius 2 is 1.75 bits per heavy atom. The molecule has 6 heteroatoms. The predicted molar refractivity (Wildman–Crippen MR) is 111 cm³/mol. The Morgan fingerprint density at radius 1 is 1.11 bits per heavy atom. The molecule has 2 amide bonds. The van der Waals surface area contributed by atoms with Crippen molar-refractivity contribution in [3.8, 4) is 0 Å². The normalized spacial score (nSPS) is 18.0. The smallest absolute Gasteiger partial charge is 0.236 e. The highest BCUT2D eigenvalue weighted by Crippen LogP contribution is 2.28. The molecule has 1 aliphatic carbocycles. The van der Waals surface area contributed by atoms with Crippen molar-refractivity contribution in [1.29, 1.82) is 0 Å². The number of hydrogen-bond acceptors (Lipinski definition) is 4. The molecule has 2 aliphatic rings. The van der Waals surface area contributed by atoms with Crippen LogP contribution in [0.3, 0.4) is 0 Å². The third kappa shape index (κ3) is 5.79. The zero-order valence-electron chi connectivity index (χ0n) is 17.5. The molecule has 154 valence electrons. The summed E-state index contributed by atoms with van der Waals surface area (Å²) < 4.78 is 0. The molecule has 0 unspecified atom stereocenters. The number of piperazine rings is 1. The average molecular weight is 387 g/mol. The highest BCUT2D eigenvalue weighted by molar-refractivity contribution is 5.79. The predicted octanol–water partition coefficient (Wildman–Crippen LogP) is 1.66. The summed E-state index contributed by atoms with van der Waals surface area (Å²) >= 11 is 0. The molecule has 0 atom stereocenters. The van der Waals surface area contributed by atoms with Gasteiger partial charge in [-0.05, 0) is 29.9 Å². The van der Waals surface area contributed by atoms with Crippen LogP contribution in [0.2, 0.25) is 0 Å². The van der Waals surface area contributed by atoms with Crippen molar-refractivity contribution in [1.82, 2.24) is 20.0 Å². The van der Waals surface area contributed by atoms with Crippen LogP contribution >= 0.6 is 0 Å². The number of carbonyl (C=O) groups is 2. The van der Waals surface area contributed by atoms with Crippen molar-refractivity contribution in [2.75, 3.05) is 46.3 Å². The molecule has 1 aromatic rings. The van der Waals surface area contributed by atoms with Gasteiger partial charge in [-0.2, -0.15) is 0 Å². The lowest BCUT2D eigenvalue weighted by molar-refractivity contribution is -0.134. The summed E-state index contributed by atoms with van der Waals surface area (Å²) in [4.78, 5) is 30.8. The molecule has 1 aromatic carbocycles. The number of hydrogen-bond donors (Lipinski definition) is 1. The largest absolute Gasteiger partial charge is 0.358 e. The van der Waals surface area contributed by atoms with Crippen LogP contribution in [0.4, 0.5) is 0 Å². The van der Waals surface area contributed by atoms with Crippen molar-refractivity contribution in [2.45, 2.75) is 45.2 Å². The zero-order chi connectivity index (χ0) is 20.1. The van der Waals surface area contributed by atoms with Gasteiger partial charge >= 0.3 is 0 Å². The fraction of sp³-hybridized carbons (Fsp3) is 0.636. The van der Waals surface area contributed by atoms with E-state index in [4.69, 9.17) is 0 Å². The molecular formula is C22H34N4O2. The first-order chi connectivity index (χ1) is 13.5.